The first-order valence-corrected chi connectivity index (χ1v) is 5.71. The number of hydrogen-bond donors (Lipinski definition) is 3. The largest absolute Gasteiger partial charge is 0.390 e. The molecule has 1 rings (SSSR count). The van der Waals surface area contributed by atoms with E-state index in [2.05, 4.69) is 5.32 Å². The van der Waals surface area contributed by atoms with E-state index in [1.165, 1.54) is 0 Å². The Bertz CT molecular complexity index is 344. The van der Waals surface area contributed by atoms with Crippen LogP contribution < -0.4 is 5.32 Å². The van der Waals surface area contributed by atoms with Gasteiger partial charge in [0, 0.05) is 5.02 Å². The molecule has 2 atom stereocenters. The van der Waals surface area contributed by atoms with E-state index in [9.17, 15) is 10.2 Å². The summed E-state index contributed by atoms with van der Waals surface area (Å²) in [5.41, 5.74) is 1.62. The first-order chi connectivity index (χ1) is 7.56. The maximum absolute atomic E-state index is 9.97. The van der Waals surface area contributed by atoms with Crippen molar-refractivity contribution in [2.45, 2.75) is 25.6 Å². The zero-order valence-electron chi connectivity index (χ0n) is 9.57. The van der Waals surface area contributed by atoms with E-state index in [0.717, 1.165) is 11.1 Å². The third-order valence-corrected chi connectivity index (χ3v) is 2.84. The summed E-state index contributed by atoms with van der Waals surface area (Å²) in [4.78, 5) is 0. The van der Waals surface area contributed by atoms with E-state index in [4.69, 9.17) is 11.6 Å². The third-order valence-electron chi connectivity index (χ3n) is 2.61. The average Bonchev–Trinajstić information content (AvgIpc) is 2.25. The van der Waals surface area contributed by atoms with Crippen LogP contribution in [-0.2, 0) is 0 Å². The molecule has 0 aliphatic carbocycles. The lowest BCUT2D eigenvalue weighted by Crippen LogP contribution is -2.23. The van der Waals surface area contributed by atoms with Gasteiger partial charge in [0.15, 0.2) is 0 Å². The highest BCUT2D eigenvalue weighted by Crippen LogP contribution is 2.24. The molecule has 2 unspecified atom stereocenters. The van der Waals surface area contributed by atoms with E-state index in [-0.39, 0.29) is 0 Å². The molecule has 0 amide bonds. The number of rotatable bonds is 5. The lowest BCUT2D eigenvalue weighted by Gasteiger charge is -2.19. The number of benzene rings is 1. The first-order valence-electron chi connectivity index (χ1n) is 5.33. The van der Waals surface area contributed by atoms with E-state index in [1.807, 2.05) is 14.0 Å². The molecule has 0 aromatic heterocycles. The SMILES string of the molecule is CNCCC(O)C(O)c1ccc(Cl)cc1C. The fourth-order valence-corrected chi connectivity index (χ4v) is 1.85. The molecular weight excluding hydrogens is 226 g/mol. The minimum Gasteiger partial charge on any atom is -0.390 e. The molecule has 0 spiro atoms. The standard InChI is InChI=1S/C12H18ClNO2/c1-8-7-9(13)3-4-10(8)12(16)11(15)5-6-14-2/h3-4,7,11-12,14-16H,5-6H2,1-2H3. The van der Waals surface area contributed by atoms with Crippen molar-refractivity contribution in [1.29, 1.82) is 0 Å². The van der Waals surface area contributed by atoms with Gasteiger partial charge in [0.1, 0.15) is 6.10 Å². The lowest BCUT2D eigenvalue weighted by molar-refractivity contribution is 0.0137. The van der Waals surface area contributed by atoms with E-state index < -0.39 is 12.2 Å². The van der Waals surface area contributed by atoms with Crippen LogP contribution in [0.2, 0.25) is 5.02 Å². The van der Waals surface area contributed by atoms with Gasteiger partial charge in [-0.25, -0.2) is 0 Å². The molecule has 0 aliphatic rings. The maximum Gasteiger partial charge on any atom is 0.105 e. The molecule has 90 valence electrons. The minimum absolute atomic E-state index is 0.514. The molecule has 1 aromatic carbocycles. The fraction of sp³-hybridized carbons (Fsp3) is 0.500. The van der Waals surface area contributed by atoms with E-state index in [1.54, 1.807) is 18.2 Å². The highest BCUT2D eigenvalue weighted by atomic mass is 35.5. The molecule has 0 bridgehead atoms. The van der Waals surface area contributed by atoms with Crippen LogP contribution >= 0.6 is 11.6 Å². The minimum atomic E-state index is -0.856. The van der Waals surface area contributed by atoms with Crippen molar-refractivity contribution in [3.05, 3.63) is 34.3 Å². The number of halogens is 1. The number of aliphatic hydroxyl groups is 2. The van der Waals surface area contributed by atoms with Crippen LogP contribution in [0.15, 0.2) is 18.2 Å². The van der Waals surface area contributed by atoms with Crippen molar-refractivity contribution in [1.82, 2.24) is 5.32 Å². The van der Waals surface area contributed by atoms with Crippen LogP contribution in [0, 0.1) is 6.92 Å². The van der Waals surface area contributed by atoms with Gasteiger partial charge in [-0.1, -0.05) is 17.7 Å². The van der Waals surface area contributed by atoms with Crippen LogP contribution in [-0.4, -0.2) is 29.9 Å². The van der Waals surface area contributed by atoms with Crippen LogP contribution in [0.4, 0.5) is 0 Å². The molecule has 0 fully saturated rings. The molecule has 16 heavy (non-hydrogen) atoms. The van der Waals surface area contributed by atoms with Gasteiger partial charge in [-0.05, 0) is 50.2 Å². The molecular formula is C12H18ClNO2. The zero-order chi connectivity index (χ0) is 12.1. The predicted octanol–water partition coefficient (Wildman–Crippen LogP) is 1.65. The molecule has 1 aromatic rings. The Kier molecular flexibility index (Phi) is 5.22. The van der Waals surface area contributed by atoms with Crippen LogP contribution in [0.1, 0.15) is 23.7 Å². The van der Waals surface area contributed by atoms with Crippen molar-refractivity contribution >= 4 is 11.6 Å². The molecule has 3 nitrogen and oxygen atoms in total. The highest BCUT2D eigenvalue weighted by molar-refractivity contribution is 6.30. The Labute approximate surface area is 101 Å². The third kappa shape index (κ3) is 3.46. The van der Waals surface area contributed by atoms with Gasteiger partial charge in [-0.3, -0.25) is 0 Å². The highest BCUT2D eigenvalue weighted by Gasteiger charge is 2.19. The number of aliphatic hydroxyl groups excluding tert-OH is 2. The predicted molar refractivity (Wildman–Crippen MR) is 65.7 cm³/mol. The smallest absolute Gasteiger partial charge is 0.105 e. The fourth-order valence-electron chi connectivity index (χ4n) is 1.63. The van der Waals surface area contributed by atoms with E-state index in [0.29, 0.717) is 18.0 Å². The molecule has 0 radical (unpaired) electrons. The van der Waals surface area contributed by atoms with Gasteiger partial charge in [-0.2, -0.15) is 0 Å². The summed E-state index contributed by atoms with van der Waals surface area (Å²) in [6, 6.07) is 5.26. The quantitative estimate of drug-likeness (QED) is 0.737. The molecule has 0 saturated heterocycles. The van der Waals surface area contributed by atoms with Crippen LogP contribution in [0.5, 0.6) is 0 Å². The van der Waals surface area contributed by atoms with Gasteiger partial charge in [-0.15, -0.1) is 0 Å². The summed E-state index contributed by atoms with van der Waals surface area (Å²) >= 11 is 5.83. The molecule has 0 saturated carbocycles. The number of nitrogens with one attached hydrogen (secondary N) is 1. The summed E-state index contributed by atoms with van der Waals surface area (Å²) in [7, 11) is 1.81. The second kappa shape index (κ2) is 6.21. The van der Waals surface area contributed by atoms with Gasteiger partial charge >= 0.3 is 0 Å². The monoisotopic (exact) mass is 243 g/mol. The van der Waals surface area contributed by atoms with Crippen molar-refractivity contribution in [3.63, 3.8) is 0 Å². The van der Waals surface area contributed by atoms with Gasteiger partial charge in [0.2, 0.25) is 0 Å². The van der Waals surface area contributed by atoms with Crippen molar-refractivity contribution < 1.29 is 10.2 Å². The molecule has 3 N–H and O–H groups in total. The summed E-state index contributed by atoms with van der Waals surface area (Å²) in [6.07, 6.45) is -1.10. The maximum atomic E-state index is 9.97. The lowest BCUT2D eigenvalue weighted by atomic mass is 9.98. The Morgan fingerprint density at radius 1 is 1.38 bits per heavy atom. The number of hydrogen-bond acceptors (Lipinski definition) is 3. The van der Waals surface area contributed by atoms with Crippen molar-refractivity contribution in [2.24, 2.45) is 0 Å². The normalized spacial score (nSPS) is 14.8. The Balaban J connectivity index is 2.75. The Morgan fingerprint density at radius 3 is 2.62 bits per heavy atom. The van der Waals surface area contributed by atoms with Crippen LogP contribution in [0.25, 0.3) is 0 Å². The number of aryl methyl sites for hydroxylation is 1. The molecule has 0 heterocycles. The van der Waals surface area contributed by atoms with E-state index >= 15 is 0 Å². The molecule has 0 aliphatic heterocycles. The van der Waals surface area contributed by atoms with Gasteiger partial charge in [0.25, 0.3) is 0 Å². The van der Waals surface area contributed by atoms with Crippen LogP contribution in [0.3, 0.4) is 0 Å². The Morgan fingerprint density at radius 2 is 2.06 bits per heavy atom. The van der Waals surface area contributed by atoms with Gasteiger partial charge in [0.05, 0.1) is 6.10 Å². The van der Waals surface area contributed by atoms with Crippen molar-refractivity contribution in [2.75, 3.05) is 13.6 Å². The molecule has 4 heteroatoms. The van der Waals surface area contributed by atoms with Crippen molar-refractivity contribution in [3.8, 4) is 0 Å². The summed E-state index contributed by atoms with van der Waals surface area (Å²) in [6.45, 7) is 2.54. The second-order valence-electron chi connectivity index (χ2n) is 3.91. The second-order valence-corrected chi connectivity index (χ2v) is 4.34. The summed E-state index contributed by atoms with van der Waals surface area (Å²) in [5.74, 6) is 0. The first kappa shape index (κ1) is 13.5. The summed E-state index contributed by atoms with van der Waals surface area (Å²) in [5, 5.41) is 23.3. The average molecular weight is 244 g/mol. The zero-order valence-corrected chi connectivity index (χ0v) is 10.3. The topological polar surface area (TPSA) is 52.5 Å². The summed E-state index contributed by atoms with van der Waals surface area (Å²) < 4.78 is 0. The Hall–Kier alpha value is -0.610. The van der Waals surface area contributed by atoms with Gasteiger partial charge < -0.3 is 15.5 Å².